The average Bonchev–Trinajstić information content (AvgIpc) is 3.40. The highest BCUT2D eigenvalue weighted by Crippen LogP contribution is 2.34. The maximum atomic E-state index is 5.69. The predicted molar refractivity (Wildman–Crippen MR) is 129 cm³/mol. The molecule has 0 saturated carbocycles. The zero-order chi connectivity index (χ0) is 23.5. The van der Waals surface area contributed by atoms with Crippen LogP contribution >= 0.6 is 0 Å². The Morgan fingerprint density at radius 2 is 1.79 bits per heavy atom. The van der Waals surface area contributed by atoms with Gasteiger partial charge in [-0.05, 0) is 37.1 Å². The van der Waals surface area contributed by atoms with Crippen LogP contribution in [-0.2, 0) is 5.41 Å². The molecule has 0 bridgehead atoms. The Morgan fingerprint density at radius 3 is 2.44 bits per heavy atom. The van der Waals surface area contributed by atoms with Gasteiger partial charge in [0, 0.05) is 44.1 Å². The van der Waals surface area contributed by atoms with Crippen LogP contribution in [0.5, 0.6) is 0 Å². The fraction of sp³-hybridized carbons (Fsp3) is 0.333. The van der Waals surface area contributed by atoms with Crippen molar-refractivity contribution in [3.05, 3.63) is 60.4 Å². The summed E-state index contributed by atoms with van der Waals surface area (Å²) in [5, 5.41) is 7.63. The summed E-state index contributed by atoms with van der Waals surface area (Å²) in [4.78, 5) is 24.7. The molecule has 3 N–H and O–H groups in total. The smallest absolute Gasteiger partial charge is 0.278 e. The van der Waals surface area contributed by atoms with Gasteiger partial charge < -0.3 is 20.5 Å². The van der Waals surface area contributed by atoms with E-state index in [1.807, 2.05) is 24.4 Å². The van der Waals surface area contributed by atoms with E-state index in [2.05, 4.69) is 54.1 Å². The Labute approximate surface area is 197 Å². The largest absolute Gasteiger partial charge is 0.384 e. The fourth-order valence-corrected chi connectivity index (χ4v) is 3.98. The van der Waals surface area contributed by atoms with Gasteiger partial charge >= 0.3 is 0 Å². The number of anilines is 2. The van der Waals surface area contributed by atoms with Gasteiger partial charge in [0.1, 0.15) is 17.3 Å². The van der Waals surface area contributed by atoms with Crippen LogP contribution in [0.4, 0.5) is 11.6 Å². The van der Waals surface area contributed by atoms with E-state index in [9.17, 15) is 0 Å². The lowest BCUT2D eigenvalue weighted by molar-refractivity contribution is 0.397. The summed E-state index contributed by atoms with van der Waals surface area (Å²) in [6.45, 7) is 7.89. The summed E-state index contributed by atoms with van der Waals surface area (Å²) in [6, 6.07) is 7.68. The molecule has 0 aromatic carbocycles. The van der Waals surface area contributed by atoms with Gasteiger partial charge in [0.15, 0.2) is 5.82 Å². The summed E-state index contributed by atoms with van der Waals surface area (Å²) in [6.07, 6.45) is 7.79. The molecule has 10 nitrogen and oxygen atoms in total. The van der Waals surface area contributed by atoms with Crippen molar-refractivity contribution >= 4 is 11.6 Å². The number of piperazine rings is 1. The lowest BCUT2D eigenvalue weighted by Crippen LogP contribution is -2.43. The predicted octanol–water partition coefficient (Wildman–Crippen LogP) is 2.69. The second kappa shape index (κ2) is 9.14. The van der Waals surface area contributed by atoms with Crippen LogP contribution in [0, 0.1) is 0 Å². The Hall–Kier alpha value is -3.92. The molecule has 0 spiro atoms. The second-order valence-corrected chi connectivity index (χ2v) is 8.51. The first-order valence-electron chi connectivity index (χ1n) is 11.4. The van der Waals surface area contributed by atoms with Crippen LogP contribution in [0.2, 0.25) is 0 Å². The first kappa shape index (κ1) is 21.9. The fourth-order valence-electron chi connectivity index (χ4n) is 3.98. The van der Waals surface area contributed by atoms with Crippen LogP contribution in [-0.4, -0.2) is 56.3 Å². The number of nitrogens with two attached hydrogens (primary N) is 1. The van der Waals surface area contributed by atoms with Gasteiger partial charge in [-0.15, -0.1) is 0 Å². The van der Waals surface area contributed by atoms with Gasteiger partial charge in [-0.2, -0.15) is 4.98 Å². The van der Waals surface area contributed by atoms with Crippen molar-refractivity contribution in [2.24, 2.45) is 0 Å². The van der Waals surface area contributed by atoms with Gasteiger partial charge in [-0.25, -0.2) is 15.0 Å². The quantitative estimate of drug-likeness (QED) is 0.445. The lowest BCUT2D eigenvalue weighted by atomic mass is 9.80. The van der Waals surface area contributed by atoms with Crippen molar-refractivity contribution in [1.82, 2.24) is 35.4 Å². The molecule has 1 aliphatic rings. The summed E-state index contributed by atoms with van der Waals surface area (Å²) in [5.41, 5.74) is 8.50. The number of nitrogen functional groups attached to an aromatic ring is 1. The zero-order valence-corrected chi connectivity index (χ0v) is 19.3. The van der Waals surface area contributed by atoms with Crippen molar-refractivity contribution in [1.29, 1.82) is 0 Å². The highest BCUT2D eigenvalue weighted by atomic mass is 16.5. The molecule has 0 amide bonds. The molecule has 1 atom stereocenters. The minimum atomic E-state index is -0.471. The SMILES string of the molecule is CC[C@](C)(c1ccc(-c2ccc(N)nc2)nc1)c1noc(-c2cnc(N3CCNCC3)cn2)n1. The van der Waals surface area contributed by atoms with Crippen molar-refractivity contribution in [2.75, 3.05) is 36.8 Å². The molecule has 1 fully saturated rings. The van der Waals surface area contributed by atoms with E-state index in [1.54, 1.807) is 24.7 Å². The number of nitrogens with one attached hydrogen (secondary N) is 1. The maximum absolute atomic E-state index is 5.69. The van der Waals surface area contributed by atoms with Gasteiger partial charge in [-0.1, -0.05) is 18.1 Å². The Morgan fingerprint density at radius 1 is 0.971 bits per heavy atom. The van der Waals surface area contributed by atoms with Crippen LogP contribution < -0.4 is 16.0 Å². The molecule has 5 heterocycles. The molecule has 1 saturated heterocycles. The minimum absolute atomic E-state index is 0.353. The summed E-state index contributed by atoms with van der Waals surface area (Å²) in [5.74, 6) is 2.27. The van der Waals surface area contributed by atoms with Crippen LogP contribution in [0.25, 0.3) is 22.8 Å². The van der Waals surface area contributed by atoms with Gasteiger partial charge in [0.2, 0.25) is 0 Å². The molecule has 34 heavy (non-hydrogen) atoms. The molecule has 1 aliphatic heterocycles. The molecule has 0 radical (unpaired) electrons. The average molecular weight is 458 g/mol. The Kier molecular flexibility index (Phi) is 5.89. The lowest BCUT2D eigenvalue weighted by Gasteiger charge is -2.27. The molecule has 0 aliphatic carbocycles. The molecular weight excluding hydrogens is 430 g/mol. The van der Waals surface area contributed by atoms with E-state index < -0.39 is 5.41 Å². The minimum Gasteiger partial charge on any atom is -0.384 e. The Balaban J connectivity index is 1.37. The summed E-state index contributed by atoms with van der Waals surface area (Å²) >= 11 is 0. The zero-order valence-electron chi connectivity index (χ0n) is 19.3. The number of aromatic nitrogens is 6. The van der Waals surface area contributed by atoms with E-state index in [-0.39, 0.29) is 0 Å². The molecule has 174 valence electrons. The Bertz CT molecular complexity index is 1230. The van der Waals surface area contributed by atoms with Crippen molar-refractivity contribution in [3.8, 4) is 22.8 Å². The van der Waals surface area contributed by atoms with E-state index >= 15 is 0 Å². The second-order valence-electron chi connectivity index (χ2n) is 8.51. The number of pyridine rings is 2. The first-order valence-corrected chi connectivity index (χ1v) is 11.4. The summed E-state index contributed by atoms with van der Waals surface area (Å²) in [7, 11) is 0. The molecule has 4 aromatic rings. The van der Waals surface area contributed by atoms with Crippen molar-refractivity contribution in [3.63, 3.8) is 0 Å². The van der Waals surface area contributed by atoms with E-state index in [4.69, 9.17) is 10.3 Å². The molecule has 0 unspecified atom stereocenters. The summed E-state index contributed by atoms with van der Waals surface area (Å²) < 4.78 is 5.58. The third-order valence-electron chi connectivity index (χ3n) is 6.41. The number of nitrogens with zero attached hydrogens (tertiary/aromatic N) is 7. The molecule has 4 aromatic heterocycles. The van der Waals surface area contributed by atoms with Gasteiger partial charge in [0.25, 0.3) is 5.89 Å². The van der Waals surface area contributed by atoms with E-state index in [1.165, 1.54) is 0 Å². The van der Waals surface area contributed by atoms with Crippen molar-refractivity contribution in [2.45, 2.75) is 25.7 Å². The van der Waals surface area contributed by atoms with Crippen LogP contribution in [0.15, 0.2) is 53.6 Å². The third kappa shape index (κ3) is 4.19. The van der Waals surface area contributed by atoms with Crippen molar-refractivity contribution < 1.29 is 4.52 Å². The van der Waals surface area contributed by atoms with Gasteiger partial charge in [-0.3, -0.25) is 4.98 Å². The van der Waals surface area contributed by atoms with Gasteiger partial charge in [0.05, 0.1) is 23.5 Å². The third-order valence-corrected chi connectivity index (χ3v) is 6.41. The molecular formula is C24H27N9O. The highest BCUT2D eigenvalue weighted by Gasteiger charge is 2.33. The maximum Gasteiger partial charge on any atom is 0.278 e. The van der Waals surface area contributed by atoms with Crippen LogP contribution in [0.3, 0.4) is 0 Å². The monoisotopic (exact) mass is 457 g/mol. The van der Waals surface area contributed by atoms with E-state index in [0.29, 0.717) is 23.2 Å². The highest BCUT2D eigenvalue weighted by molar-refractivity contribution is 5.59. The number of rotatable bonds is 6. The van der Waals surface area contributed by atoms with Crippen LogP contribution in [0.1, 0.15) is 31.7 Å². The number of hydrogen-bond donors (Lipinski definition) is 2. The standard InChI is InChI=1S/C24H27N9O/c1-3-24(2,17-5-6-18(27-13-17)16-4-7-20(25)29-12-16)23-31-22(34-32-23)19-14-30-21(15-28-19)33-10-8-26-9-11-33/h4-7,12-15,26H,3,8-11H2,1-2H3,(H2,25,29)/t24-/m1/s1. The molecule has 10 heteroatoms. The normalized spacial score (nSPS) is 15.8. The topological polar surface area (TPSA) is 132 Å². The first-order chi connectivity index (χ1) is 16.6. The van der Waals surface area contributed by atoms with E-state index in [0.717, 1.165) is 55.2 Å². The number of hydrogen-bond acceptors (Lipinski definition) is 10. The molecule has 5 rings (SSSR count).